The molecule has 116 valence electrons. The smallest absolute Gasteiger partial charge is 0.228 e. The van der Waals surface area contributed by atoms with Crippen LogP contribution in [0.15, 0.2) is 0 Å². The summed E-state index contributed by atoms with van der Waals surface area (Å²) in [5, 5.41) is 3.54. The van der Waals surface area contributed by atoms with Crippen molar-refractivity contribution in [3.05, 3.63) is 0 Å². The van der Waals surface area contributed by atoms with Crippen LogP contribution in [0, 0.1) is 5.41 Å². The van der Waals surface area contributed by atoms with Gasteiger partial charge in [-0.25, -0.2) is 0 Å². The van der Waals surface area contributed by atoms with Crippen molar-refractivity contribution in [1.82, 2.24) is 10.2 Å². The van der Waals surface area contributed by atoms with Gasteiger partial charge in [-0.05, 0) is 51.5 Å². The zero-order valence-electron chi connectivity index (χ0n) is 13.6. The van der Waals surface area contributed by atoms with Crippen LogP contribution in [0.1, 0.15) is 71.6 Å². The fraction of sp³-hybridized carbons (Fsp3) is 0.941. The molecule has 0 bridgehead atoms. The van der Waals surface area contributed by atoms with Crippen LogP contribution in [0.2, 0.25) is 0 Å². The van der Waals surface area contributed by atoms with Crippen molar-refractivity contribution in [2.75, 3.05) is 13.6 Å². The van der Waals surface area contributed by atoms with E-state index in [2.05, 4.69) is 31.1 Å². The van der Waals surface area contributed by atoms with Gasteiger partial charge in [-0.2, -0.15) is 0 Å². The number of nitrogens with zero attached hydrogens (tertiary/aromatic N) is 1. The summed E-state index contributed by atoms with van der Waals surface area (Å²) in [6.07, 6.45) is 10.5. The maximum Gasteiger partial charge on any atom is 0.228 e. The van der Waals surface area contributed by atoms with Crippen molar-refractivity contribution in [3.8, 4) is 0 Å². The third kappa shape index (κ3) is 3.19. The van der Waals surface area contributed by atoms with E-state index < -0.39 is 0 Å². The van der Waals surface area contributed by atoms with Crippen LogP contribution in [0.3, 0.4) is 0 Å². The number of hydrogen-bond acceptors (Lipinski definition) is 2. The zero-order chi connectivity index (χ0) is 14.6. The van der Waals surface area contributed by atoms with Crippen molar-refractivity contribution >= 4 is 5.91 Å². The van der Waals surface area contributed by atoms with E-state index in [0.717, 1.165) is 25.8 Å². The molecule has 1 N–H and O–H groups in total. The Bertz CT molecular complexity index is 315. The highest BCUT2D eigenvalue weighted by Gasteiger charge is 2.42. The summed E-state index contributed by atoms with van der Waals surface area (Å²) in [4.78, 5) is 15.0. The minimum atomic E-state index is -0.0206. The summed E-state index contributed by atoms with van der Waals surface area (Å²) < 4.78 is 0. The van der Waals surface area contributed by atoms with Crippen LogP contribution in [0.4, 0.5) is 0 Å². The molecule has 0 atom stereocenters. The van der Waals surface area contributed by atoms with Gasteiger partial charge in [0.15, 0.2) is 0 Å². The van der Waals surface area contributed by atoms with Crippen molar-refractivity contribution in [1.29, 1.82) is 0 Å². The average molecular weight is 280 g/mol. The van der Waals surface area contributed by atoms with Gasteiger partial charge >= 0.3 is 0 Å². The van der Waals surface area contributed by atoms with Crippen LogP contribution in [-0.2, 0) is 4.79 Å². The van der Waals surface area contributed by atoms with Crippen LogP contribution in [0.5, 0.6) is 0 Å². The Kier molecular flexibility index (Phi) is 5.48. The third-order valence-corrected chi connectivity index (χ3v) is 5.75. The van der Waals surface area contributed by atoms with E-state index in [4.69, 9.17) is 0 Å². The number of nitrogens with one attached hydrogen (secondary N) is 1. The monoisotopic (exact) mass is 280 g/mol. The van der Waals surface area contributed by atoms with Gasteiger partial charge < -0.3 is 10.2 Å². The topological polar surface area (TPSA) is 32.3 Å². The van der Waals surface area contributed by atoms with Crippen molar-refractivity contribution in [3.63, 3.8) is 0 Å². The molecule has 0 aliphatic heterocycles. The molecular formula is C17H32N2O. The van der Waals surface area contributed by atoms with E-state index in [-0.39, 0.29) is 5.41 Å². The molecule has 1 amide bonds. The number of amides is 1. The first-order valence-electron chi connectivity index (χ1n) is 8.63. The summed E-state index contributed by atoms with van der Waals surface area (Å²) in [6.45, 7) is 5.43. The van der Waals surface area contributed by atoms with Gasteiger partial charge in [0.25, 0.3) is 0 Å². The SMILES string of the molecule is CCNC1CCC(N(C)C(=O)C2(CC)CCCC2)CC1. The molecule has 2 aliphatic rings. The van der Waals surface area contributed by atoms with E-state index in [1.807, 2.05) is 0 Å². The lowest BCUT2D eigenvalue weighted by Crippen LogP contribution is -2.48. The summed E-state index contributed by atoms with van der Waals surface area (Å²) in [6, 6.07) is 1.15. The quantitative estimate of drug-likeness (QED) is 0.837. The summed E-state index contributed by atoms with van der Waals surface area (Å²) in [5.41, 5.74) is -0.0206. The van der Waals surface area contributed by atoms with E-state index >= 15 is 0 Å². The van der Waals surface area contributed by atoms with Gasteiger partial charge in [-0.1, -0.05) is 26.7 Å². The fourth-order valence-electron chi connectivity index (χ4n) is 4.27. The Labute approximate surface area is 124 Å². The van der Waals surface area contributed by atoms with Crippen LogP contribution < -0.4 is 5.32 Å². The first-order chi connectivity index (χ1) is 9.63. The lowest BCUT2D eigenvalue weighted by Gasteiger charge is -2.39. The molecular weight excluding hydrogens is 248 g/mol. The molecule has 2 fully saturated rings. The lowest BCUT2D eigenvalue weighted by molar-refractivity contribution is -0.143. The average Bonchev–Trinajstić information content (AvgIpc) is 2.97. The molecule has 0 radical (unpaired) electrons. The molecule has 2 rings (SSSR count). The molecule has 0 aromatic carbocycles. The maximum absolute atomic E-state index is 12.9. The third-order valence-electron chi connectivity index (χ3n) is 5.75. The molecule has 3 heteroatoms. The van der Waals surface area contributed by atoms with E-state index in [9.17, 15) is 4.79 Å². The first-order valence-corrected chi connectivity index (χ1v) is 8.63. The first kappa shape index (κ1) is 15.8. The molecule has 0 heterocycles. The lowest BCUT2D eigenvalue weighted by atomic mass is 9.80. The molecule has 2 saturated carbocycles. The minimum absolute atomic E-state index is 0.0206. The van der Waals surface area contributed by atoms with Crippen molar-refractivity contribution < 1.29 is 4.79 Å². The Morgan fingerprint density at radius 2 is 1.75 bits per heavy atom. The highest BCUT2D eigenvalue weighted by Crippen LogP contribution is 2.43. The van der Waals surface area contributed by atoms with Gasteiger partial charge in [-0.15, -0.1) is 0 Å². The van der Waals surface area contributed by atoms with Crippen molar-refractivity contribution in [2.24, 2.45) is 5.41 Å². The van der Waals surface area contributed by atoms with E-state index in [1.54, 1.807) is 0 Å². The molecule has 0 unspecified atom stereocenters. The van der Waals surface area contributed by atoms with Gasteiger partial charge in [0.2, 0.25) is 5.91 Å². The Hall–Kier alpha value is -0.570. The summed E-state index contributed by atoms with van der Waals surface area (Å²) in [7, 11) is 2.05. The van der Waals surface area contributed by atoms with Gasteiger partial charge in [0.05, 0.1) is 0 Å². The van der Waals surface area contributed by atoms with Gasteiger partial charge in [0.1, 0.15) is 0 Å². The predicted octanol–water partition coefficient (Wildman–Crippen LogP) is 3.34. The van der Waals surface area contributed by atoms with Crippen LogP contribution in [-0.4, -0.2) is 36.5 Å². The second-order valence-corrected chi connectivity index (χ2v) is 6.82. The normalized spacial score (nSPS) is 29.4. The standard InChI is InChI=1S/C17H32N2O/c1-4-17(12-6-7-13-17)16(20)19(3)15-10-8-14(9-11-15)18-5-2/h14-15,18H,4-13H2,1-3H3. The highest BCUT2D eigenvalue weighted by molar-refractivity contribution is 5.83. The fourth-order valence-corrected chi connectivity index (χ4v) is 4.27. The summed E-state index contributed by atoms with van der Waals surface area (Å²) in [5.74, 6) is 0.435. The summed E-state index contributed by atoms with van der Waals surface area (Å²) >= 11 is 0. The molecule has 0 aromatic heterocycles. The minimum Gasteiger partial charge on any atom is -0.342 e. The second-order valence-electron chi connectivity index (χ2n) is 6.82. The van der Waals surface area contributed by atoms with Crippen LogP contribution in [0.25, 0.3) is 0 Å². The van der Waals surface area contributed by atoms with Crippen molar-refractivity contribution in [2.45, 2.75) is 83.7 Å². The number of rotatable bonds is 5. The number of carbonyl (C=O) groups excluding carboxylic acids is 1. The van der Waals surface area contributed by atoms with E-state index in [0.29, 0.717) is 18.0 Å². The molecule has 0 spiro atoms. The van der Waals surface area contributed by atoms with E-state index in [1.165, 1.54) is 38.5 Å². The molecule has 0 aromatic rings. The van der Waals surface area contributed by atoms with Gasteiger partial charge in [-0.3, -0.25) is 4.79 Å². The Morgan fingerprint density at radius 3 is 2.25 bits per heavy atom. The second kappa shape index (κ2) is 6.93. The van der Waals surface area contributed by atoms with Crippen LogP contribution >= 0.6 is 0 Å². The molecule has 0 saturated heterocycles. The molecule has 3 nitrogen and oxygen atoms in total. The highest BCUT2D eigenvalue weighted by atomic mass is 16.2. The molecule has 20 heavy (non-hydrogen) atoms. The molecule has 2 aliphatic carbocycles. The Balaban J connectivity index is 1.91. The Morgan fingerprint density at radius 1 is 1.15 bits per heavy atom. The number of carbonyl (C=O) groups is 1. The maximum atomic E-state index is 12.9. The largest absolute Gasteiger partial charge is 0.342 e. The van der Waals surface area contributed by atoms with Gasteiger partial charge in [0, 0.05) is 24.5 Å². The zero-order valence-corrected chi connectivity index (χ0v) is 13.6. The number of hydrogen-bond donors (Lipinski definition) is 1. The predicted molar refractivity (Wildman–Crippen MR) is 83.7 cm³/mol.